The fourth-order valence-corrected chi connectivity index (χ4v) is 6.79. The standard InChI is InChI=1S/C27H31N5O4S/c28-26-25(24(34)17-3-8-22-23(14-17)36-16-35-22)37-27(31-26)30-18-4-6-19(7-5-18)32(13-1-2-21(33)15-32)20-9-11-29-12-10-20/h3-8,14,20-21,29,33H,1-2,9-13,15-16H2,(H2-,28,30,31,34)/p+1. The Labute approximate surface area is 219 Å². The second kappa shape index (κ2) is 9.94. The molecule has 2 saturated heterocycles. The molecule has 3 aromatic rings. The van der Waals surface area contributed by atoms with E-state index in [-0.39, 0.29) is 24.5 Å². The maximum absolute atomic E-state index is 13.1. The molecule has 10 heteroatoms. The Bertz CT molecular complexity index is 1290. The van der Waals surface area contributed by atoms with E-state index in [1.807, 2.05) is 12.1 Å². The van der Waals surface area contributed by atoms with Gasteiger partial charge in [-0.1, -0.05) is 11.3 Å². The van der Waals surface area contributed by atoms with Gasteiger partial charge in [0.15, 0.2) is 16.6 Å². The summed E-state index contributed by atoms with van der Waals surface area (Å²) < 4.78 is 11.6. The number of hydrogen-bond acceptors (Lipinski definition) is 9. The lowest BCUT2D eigenvalue weighted by Crippen LogP contribution is -2.64. The summed E-state index contributed by atoms with van der Waals surface area (Å²) in [5, 5.41) is 17.9. The summed E-state index contributed by atoms with van der Waals surface area (Å²) in [7, 11) is 0. The number of benzene rings is 2. The molecule has 2 fully saturated rings. The van der Waals surface area contributed by atoms with Gasteiger partial charge in [-0.2, -0.15) is 0 Å². The maximum Gasteiger partial charge on any atom is 0.231 e. The Morgan fingerprint density at radius 3 is 2.68 bits per heavy atom. The number of hydrogen-bond donors (Lipinski definition) is 4. The van der Waals surface area contributed by atoms with Gasteiger partial charge in [-0.25, -0.2) is 4.98 Å². The highest BCUT2D eigenvalue weighted by atomic mass is 32.1. The average Bonchev–Trinajstić information content (AvgIpc) is 3.54. The molecular formula is C27H32N5O4S+. The Morgan fingerprint density at radius 2 is 1.89 bits per heavy atom. The number of ether oxygens (including phenoxy) is 2. The molecule has 9 nitrogen and oxygen atoms in total. The van der Waals surface area contributed by atoms with Crippen molar-refractivity contribution < 1.29 is 19.4 Å². The lowest BCUT2D eigenvalue weighted by atomic mass is 9.94. The first-order chi connectivity index (χ1) is 18.0. The molecule has 5 N–H and O–H groups in total. The lowest BCUT2D eigenvalue weighted by molar-refractivity contribution is 0.0418. The van der Waals surface area contributed by atoms with Crippen molar-refractivity contribution in [1.82, 2.24) is 14.8 Å². The van der Waals surface area contributed by atoms with E-state index in [0.717, 1.165) is 62.0 Å². The monoisotopic (exact) mass is 522 g/mol. The van der Waals surface area contributed by atoms with E-state index in [4.69, 9.17) is 15.2 Å². The van der Waals surface area contributed by atoms with Crippen molar-refractivity contribution in [3.63, 3.8) is 0 Å². The lowest BCUT2D eigenvalue weighted by Gasteiger charge is -2.49. The zero-order valence-electron chi connectivity index (χ0n) is 20.6. The maximum atomic E-state index is 13.1. The summed E-state index contributed by atoms with van der Waals surface area (Å²) in [5.41, 5.74) is 8.73. The zero-order chi connectivity index (χ0) is 25.4. The number of carbonyl (C=O) groups excluding carboxylic acids is 1. The predicted molar refractivity (Wildman–Crippen MR) is 145 cm³/mol. The molecule has 3 aliphatic heterocycles. The third-order valence-electron chi connectivity index (χ3n) is 7.77. The molecule has 0 radical (unpaired) electrons. The largest absolute Gasteiger partial charge is 0.454 e. The van der Waals surface area contributed by atoms with Gasteiger partial charge in [0.05, 0.1) is 12.6 Å². The summed E-state index contributed by atoms with van der Waals surface area (Å²) in [5.74, 6) is 1.18. The van der Waals surface area contributed by atoms with Crippen molar-refractivity contribution >= 4 is 39.4 Å². The minimum Gasteiger partial charge on any atom is -0.454 e. The number of quaternary nitrogens is 1. The van der Waals surface area contributed by atoms with E-state index >= 15 is 0 Å². The second-order valence-electron chi connectivity index (χ2n) is 10.0. The third-order valence-corrected chi connectivity index (χ3v) is 8.75. The van der Waals surface area contributed by atoms with Crippen molar-refractivity contribution in [2.24, 2.45) is 0 Å². The van der Waals surface area contributed by atoms with E-state index < -0.39 is 0 Å². The van der Waals surface area contributed by atoms with Crippen molar-refractivity contribution in [2.45, 2.75) is 37.8 Å². The summed E-state index contributed by atoms with van der Waals surface area (Å²) in [6.45, 7) is 4.04. The van der Waals surface area contributed by atoms with Crippen LogP contribution in [-0.4, -0.2) is 61.0 Å². The normalized spacial score (nSPS) is 23.6. The van der Waals surface area contributed by atoms with Crippen LogP contribution >= 0.6 is 11.3 Å². The predicted octanol–water partition coefficient (Wildman–Crippen LogP) is 3.64. The number of nitrogens with zero attached hydrogens (tertiary/aromatic N) is 2. The van der Waals surface area contributed by atoms with Crippen LogP contribution in [0.4, 0.5) is 22.3 Å². The third kappa shape index (κ3) is 4.66. The van der Waals surface area contributed by atoms with E-state index in [9.17, 15) is 9.90 Å². The van der Waals surface area contributed by atoms with Gasteiger partial charge in [0, 0.05) is 49.3 Å². The molecule has 37 heavy (non-hydrogen) atoms. The molecule has 2 aromatic carbocycles. The molecule has 0 spiro atoms. The summed E-state index contributed by atoms with van der Waals surface area (Å²) in [6.07, 6.45) is 3.88. The Balaban J connectivity index is 1.20. The fourth-order valence-electron chi connectivity index (χ4n) is 5.93. The Morgan fingerprint density at radius 1 is 1.11 bits per heavy atom. The summed E-state index contributed by atoms with van der Waals surface area (Å²) >= 11 is 1.23. The molecule has 3 aliphatic rings. The second-order valence-corrected chi connectivity index (χ2v) is 11.0. The number of thiazole rings is 1. The number of aromatic nitrogens is 1. The quantitative estimate of drug-likeness (QED) is 0.286. The van der Waals surface area contributed by atoms with Crippen molar-refractivity contribution in [2.75, 3.05) is 44.0 Å². The highest BCUT2D eigenvalue weighted by Gasteiger charge is 2.43. The van der Waals surface area contributed by atoms with Gasteiger partial charge in [-0.15, -0.1) is 0 Å². The van der Waals surface area contributed by atoms with Crippen LogP contribution in [0.25, 0.3) is 0 Å². The molecule has 0 bridgehead atoms. The Hall–Kier alpha value is -3.18. The molecule has 0 saturated carbocycles. The number of rotatable bonds is 6. The van der Waals surface area contributed by atoms with Crippen LogP contribution in [0.2, 0.25) is 0 Å². The number of anilines is 3. The molecule has 4 heterocycles. The van der Waals surface area contributed by atoms with Gasteiger partial charge in [0.2, 0.25) is 12.6 Å². The van der Waals surface area contributed by atoms with Crippen molar-refractivity contribution in [3.8, 4) is 11.5 Å². The average molecular weight is 523 g/mol. The molecular weight excluding hydrogens is 490 g/mol. The van der Waals surface area contributed by atoms with E-state index in [2.05, 4.69) is 27.8 Å². The number of aliphatic hydroxyl groups is 1. The van der Waals surface area contributed by atoms with Crippen LogP contribution in [0.15, 0.2) is 42.5 Å². The van der Waals surface area contributed by atoms with Gasteiger partial charge >= 0.3 is 0 Å². The topological polar surface area (TPSA) is 119 Å². The molecule has 0 aliphatic carbocycles. The smallest absolute Gasteiger partial charge is 0.231 e. The highest BCUT2D eigenvalue weighted by Crippen LogP contribution is 2.38. The number of ketones is 1. The summed E-state index contributed by atoms with van der Waals surface area (Å²) in [4.78, 5) is 17.9. The van der Waals surface area contributed by atoms with Crippen molar-refractivity contribution in [1.29, 1.82) is 0 Å². The molecule has 2 atom stereocenters. The number of carbonyl (C=O) groups is 1. The first-order valence-electron chi connectivity index (χ1n) is 12.9. The molecule has 2 unspecified atom stereocenters. The summed E-state index contributed by atoms with van der Waals surface area (Å²) in [6, 6.07) is 14.1. The van der Waals surface area contributed by atoms with Gasteiger partial charge in [0.25, 0.3) is 0 Å². The van der Waals surface area contributed by atoms with Crippen molar-refractivity contribution in [3.05, 3.63) is 52.9 Å². The minimum atomic E-state index is -0.263. The van der Waals surface area contributed by atoms with E-state index in [1.54, 1.807) is 18.2 Å². The van der Waals surface area contributed by atoms with Crippen LogP contribution in [0.3, 0.4) is 0 Å². The number of fused-ring (bicyclic) bond motifs is 1. The van der Waals surface area contributed by atoms with Gasteiger partial charge in [-0.3, -0.25) is 9.28 Å². The van der Waals surface area contributed by atoms with E-state index in [1.165, 1.54) is 17.0 Å². The SMILES string of the molecule is Nc1nc(Nc2ccc([N+]3(C4CCNCC4)CCCC(O)C3)cc2)sc1C(=O)c1ccc2c(c1)OCO2. The van der Waals surface area contributed by atoms with Gasteiger partial charge in [0.1, 0.15) is 29.0 Å². The molecule has 0 amide bonds. The van der Waals surface area contributed by atoms with Crippen LogP contribution in [0.5, 0.6) is 11.5 Å². The van der Waals surface area contributed by atoms with Gasteiger partial charge in [-0.05, 0) is 43.2 Å². The fraction of sp³-hybridized carbons (Fsp3) is 0.407. The Kier molecular flexibility index (Phi) is 6.49. The number of likely N-dealkylation sites (tertiary alicyclic amines) is 1. The van der Waals surface area contributed by atoms with Crippen LogP contribution in [0.1, 0.15) is 40.9 Å². The first kappa shape index (κ1) is 24.2. The molecule has 6 rings (SSSR count). The van der Waals surface area contributed by atoms with Crippen LogP contribution in [0, 0.1) is 0 Å². The molecule has 194 valence electrons. The number of nitrogen functional groups attached to an aromatic ring is 1. The number of nitrogens with two attached hydrogens (primary N) is 1. The minimum absolute atomic E-state index is 0.154. The van der Waals surface area contributed by atoms with Crippen LogP contribution in [-0.2, 0) is 0 Å². The van der Waals surface area contributed by atoms with Crippen LogP contribution < -0.4 is 30.3 Å². The first-order valence-corrected chi connectivity index (χ1v) is 13.7. The molecule has 1 aromatic heterocycles. The number of nitrogens with one attached hydrogen (secondary N) is 2. The van der Waals surface area contributed by atoms with Gasteiger partial charge < -0.3 is 30.9 Å². The highest BCUT2D eigenvalue weighted by molar-refractivity contribution is 7.18. The number of piperidine rings is 2. The number of aliphatic hydroxyl groups excluding tert-OH is 1. The van der Waals surface area contributed by atoms with E-state index in [0.29, 0.717) is 33.1 Å². The zero-order valence-corrected chi connectivity index (χ0v) is 21.4.